The molecule has 1 fully saturated rings. The average molecular weight is 405 g/mol. The number of amides is 2. The van der Waals surface area contributed by atoms with E-state index in [2.05, 4.69) is 46.8 Å². The summed E-state index contributed by atoms with van der Waals surface area (Å²) in [7, 11) is 0. The van der Waals surface area contributed by atoms with Crippen LogP contribution in [0.5, 0.6) is 0 Å². The Morgan fingerprint density at radius 3 is 2.63 bits per heavy atom. The van der Waals surface area contributed by atoms with Crippen molar-refractivity contribution in [2.45, 2.75) is 33.4 Å². The molecule has 4 rings (SSSR count). The summed E-state index contributed by atoms with van der Waals surface area (Å²) in [6.45, 7) is 8.13. The second kappa shape index (κ2) is 8.63. The monoisotopic (exact) mass is 404 g/mol. The van der Waals surface area contributed by atoms with Gasteiger partial charge in [-0.3, -0.25) is 4.90 Å². The smallest absolute Gasteiger partial charge is 0.322 e. The lowest BCUT2D eigenvalue weighted by atomic mass is 10.1. The van der Waals surface area contributed by atoms with Gasteiger partial charge >= 0.3 is 6.03 Å². The van der Waals surface area contributed by atoms with Crippen LogP contribution in [-0.2, 0) is 11.3 Å². The topological polar surface area (TPSA) is 69.4 Å². The van der Waals surface area contributed by atoms with Crippen LogP contribution in [0.15, 0.2) is 54.6 Å². The number of aryl methyl sites for hydroxylation is 1. The molecule has 2 amide bonds. The fourth-order valence-corrected chi connectivity index (χ4v) is 3.68. The number of ether oxygens (including phenoxy) is 1. The van der Waals surface area contributed by atoms with E-state index in [0.717, 1.165) is 34.0 Å². The number of carbonyl (C=O) groups is 1. The summed E-state index contributed by atoms with van der Waals surface area (Å²) in [5, 5.41) is 6.35. The molecule has 2 aromatic carbocycles. The molecule has 0 aliphatic carbocycles. The Hall–Kier alpha value is -3.25. The number of nitrogens with one attached hydrogen (secondary N) is 3. The number of aromatic amines is 1. The van der Waals surface area contributed by atoms with E-state index in [1.54, 1.807) is 4.90 Å². The van der Waals surface area contributed by atoms with Crippen molar-refractivity contribution in [2.24, 2.45) is 0 Å². The van der Waals surface area contributed by atoms with E-state index >= 15 is 0 Å². The van der Waals surface area contributed by atoms with Crippen LogP contribution < -0.4 is 15.5 Å². The van der Waals surface area contributed by atoms with Crippen LogP contribution in [0.2, 0.25) is 0 Å². The maximum absolute atomic E-state index is 12.0. The van der Waals surface area contributed by atoms with Gasteiger partial charge in [-0.2, -0.15) is 0 Å². The number of benzene rings is 2. The highest BCUT2D eigenvalue weighted by atomic mass is 16.5. The molecule has 0 bridgehead atoms. The van der Waals surface area contributed by atoms with Crippen LogP contribution in [-0.4, -0.2) is 30.2 Å². The van der Waals surface area contributed by atoms with Crippen LogP contribution in [0.1, 0.15) is 25.0 Å². The molecule has 2 heterocycles. The van der Waals surface area contributed by atoms with Gasteiger partial charge in [0.2, 0.25) is 0 Å². The fraction of sp³-hybridized carbons (Fsp3) is 0.292. The van der Waals surface area contributed by atoms with Gasteiger partial charge in [-0.15, -0.1) is 0 Å². The molecule has 0 saturated carbocycles. The Labute approximate surface area is 177 Å². The summed E-state index contributed by atoms with van der Waals surface area (Å²) >= 11 is 0. The van der Waals surface area contributed by atoms with E-state index in [4.69, 9.17) is 4.74 Å². The van der Waals surface area contributed by atoms with Gasteiger partial charge in [-0.25, -0.2) is 4.79 Å². The molecule has 156 valence electrons. The van der Waals surface area contributed by atoms with Crippen LogP contribution in [0.3, 0.4) is 0 Å². The Kier molecular flexibility index (Phi) is 5.77. The predicted molar refractivity (Wildman–Crippen MR) is 121 cm³/mol. The van der Waals surface area contributed by atoms with Crippen molar-refractivity contribution < 1.29 is 9.53 Å². The van der Waals surface area contributed by atoms with E-state index in [1.807, 2.05) is 44.2 Å². The van der Waals surface area contributed by atoms with E-state index in [-0.39, 0.29) is 12.1 Å². The number of carbonyl (C=O) groups excluding carboxylic acids is 1. The van der Waals surface area contributed by atoms with Gasteiger partial charge in [0.15, 0.2) is 0 Å². The van der Waals surface area contributed by atoms with Gasteiger partial charge in [0.1, 0.15) is 5.82 Å². The highest BCUT2D eigenvalue weighted by molar-refractivity contribution is 5.95. The second-order valence-electron chi connectivity index (χ2n) is 7.65. The third kappa shape index (κ3) is 4.19. The summed E-state index contributed by atoms with van der Waals surface area (Å²) in [5.74, 6) is 0.929. The van der Waals surface area contributed by atoms with Crippen LogP contribution >= 0.6 is 0 Å². The quantitative estimate of drug-likeness (QED) is 0.508. The number of nitrogens with zero attached hydrogens (tertiary/aromatic N) is 1. The number of anilines is 3. The Morgan fingerprint density at radius 1 is 1.13 bits per heavy atom. The molecule has 6 heteroatoms. The van der Waals surface area contributed by atoms with Crippen molar-refractivity contribution in [1.82, 2.24) is 10.3 Å². The van der Waals surface area contributed by atoms with Crippen LogP contribution in [0, 0.1) is 6.92 Å². The minimum absolute atomic E-state index is 0.0384. The van der Waals surface area contributed by atoms with Gasteiger partial charge in [0.05, 0.1) is 12.6 Å². The molecule has 1 atom stereocenters. The summed E-state index contributed by atoms with van der Waals surface area (Å²) in [6.07, 6.45) is 0. The zero-order valence-corrected chi connectivity index (χ0v) is 17.7. The van der Waals surface area contributed by atoms with Gasteiger partial charge in [-0.05, 0) is 67.8 Å². The van der Waals surface area contributed by atoms with Crippen molar-refractivity contribution in [2.75, 3.05) is 23.4 Å². The highest BCUT2D eigenvalue weighted by Crippen LogP contribution is 2.28. The molecule has 1 aromatic heterocycles. The van der Waals surface area contributed by atoms with Crippen molar-refractivity contribution >= 4 is 23.2 Å². The SMILES string of the molecule is CCOCc1ccc(C)c(Nc2ccc(-c3ccc(N4C(=O)NCC4C)cc3)[nH]2)c1. The number of aromatic nitrogens is 1. The third-order valence-electron chi connectivity index (χ3n) is 5.39. The van der Waals surface area contributed by atoms with E-state index < -0.39 is 0 Å². The lowest BCUT2D eigenvalue weighted by molar-refractivity contribution is 0.134. The zero-order valence-electron chi connectivity index (χ0n) is 17.7. The molecule has 6 nitrogen and oxygen atoms in total. The maximum Gasteiger partial charge on any atom is 0.322 e. The Morgan fingerprint density at radius 2 is 1.93 bits per heavy atom. The number of rotatable bonds is 7. The lowest BCUT2D eigenvalue weighted by Crippen LogP contribution is -2.32. The van der Waals surface area contributed by atoms with Gasteiger partial charge in [0, 0.05) is 30.2 Å². The first-order chi connectivity index (χ1) is 14.5. The number of urea groups is 1. The predicted octanol–water partition coefficient (Wildman–Crippen LogP) is 5.19. The van der Waals surface area contributed by atoms with E-state index in [9.17, 15) is 4.79 Å². The molecular formula is C24H28N4O2. The minimum Gasteiger partial charge on any atom is -0.377 e. The van der Waals surface area contributed by atoms with Gasteiger partial charge in [-0.1, -0.05) is 24.3 Å². The normalized spacial score (nSPS) is 16.0. The third-order valence-corrected chi connectivity index (χ3v) is 5.39. The van der Waals surface area contributed by atoms with E-state index in [1.165, 1.54) is 5.56 Å². The molecule has 0 spiro atoms. The molecule has 1 aliphatic heterocycles. The van der Waals surface area contributed by atoms with Crippen LogP contribution in [0.25, 0.3) is 11.3 Å². The largest absolute Gasteiger partial charge is 0.377 e. The van der Waals surface area contributed by atoms with Crippen LogP contribution in [0.4, 0.5) is 22.0 Å². The Balaban J connectivity index is 1.49. The highest BCUT2D eigenvalue weighted by Gasteiger charge is 2.28. The molecule has 0 radical (unpaired) electrons. The molecule has 1 saturated heterocycles. The second-order valence-corrected chi connectivity index (χ2v) is 7.65. The minimum atomic E-state index is -0.0384. The van der Waals surface area contributed by atoms with Crippen molar-refractivity contribution in [3.8, 4) is 11.3 Å². The molecule has 30 heavy (non-hydrogen) atoms. The summed E-state index contributed by atoms with van der Waals surface area (Å²) in [4.78, 5) is 17.3. The standard InChI is InChI=1S/C24H28N4O2/c1-4-30-15-18-6-5-16(2)22(13-18)27-23-12-11-21(26-23)19-7-9-20(10-8-19)28-17(3)14-25-24(28)29/h5-13,17,26-27H,4,14-15H2,1-3H3,(H,25,29). The molecule has 1 unspecified atom stereocenters. The molecule has 3 aromatic rings. The average Bonchev–Trinajstić information content (AvgIpc) is 3.35. The van der Waals surface area contributed by atoms with Crippen molar-refractivity contribution in [3.05, 3.63) is 65.7 Å². The van der Waals surface area contributed by atoms with Gasteiger partial charge in [0.25, 0.3) is 0 Å². The molecular weight excluding hydrogens is 376 g/mol. The summed E-state index contributed by atoms with van der Waals surface area (Å²) in [5.41, 5.74) is 6.38. The first-order valence-electron chi connectivity index (χ1n) is 10.4. The van der Waals surface area contributed by atoms with Crippen molar-refractivity contribution in [3.63, 3.8) is 0 Å². The number of hydrogen-bond acceptors (Lipinski definition) is 3. The number of hydrogen-bond donors (Lipinski definition) is 3. The zero-order chi connectivity index (χ0) is 21.1. The molecule has 1 aliphatic rings. The van der Waals surface area contributed by atoms with Crippen molar-refractivity contribution in [1.29, 1.82) is 0 Å². The number of H-pyrrole nitrogens is 1. The Bertz CT molecular complexity index is 1030. The first kappa shape index (κ1) is 20.0. The van der Waals surface area contributed by atoms with Gasteiger partial charge < -0.3 is 20.4 Å². The summed E-state index contributed by atoms with van der Waals surface area (Å²) < 4.78 is 5.52. The van der Waals surface area contributed by atoms with E-state index in [0.29, 0.717) is 19.8 Å². The maximum atomic E-state index is 12.0. The summed E-state index contributed by atoms with van der Waals surface area (Å²) in [6, 6.07) is 18.6. The fourth-order valence-electron chi connectivity index (χ4n) is 3.68. The molecule has 3 N–H and O–H groups in total. The lowest BCUT2D eigenvalue weighted by Gasteiger charge is -2.19. The first-order valence-corrected chi connectivity index (χ1v) is 10.4.